The highest BCUT2D eigenvalue weighted by Gasteiger charge is 2.34. The zero-order valence-electron chi connectivity index (χ0n) is 14.8. The first-order valence-electron chi connectivity index (χ1n) is 9.24. The van der Waals surface area contributed by atoms with Crippen LogP contribution in [0.2, 0.25) is 0 Å². The minimum absolute atomic E-state index is 0.0353. The molecule has 2 amide bonds. The Kier molecular flexibility index (Phi) is 5.22. The second-order valence-corrected chi connectivity index (χ2v) is 7.41. The van der Waals surface area contributed by atoms with E-state index in [9.17, 15) is 9.59 Å². The molecule has 2 atom stereocenters. The molecule has 0 spiro atoms. The summed E-state index contributed by atoms with van der Waals surface area (Å²) in [5, 5.41) is 3.22. The molecule has 1 fully saturated rings. The van der Waals surface area contributed by atoms with Crippen LogP contribution in [0, 0.1) is 5.92 Å². The molecular weight excluding hydrogens is 300 g/mol. The summed E-state index contributed by atoms with van der Waals surface area (Å²) in [6, 6.07) is 8.37. The van der Waals surface area contributed by atoms with Gasteiger partial charge in [-0.05, 0) is 49.7 Å². The first kappa shape index (κ1) is 17.0. The van der Waals surface area contributed by atoms with Gasteiger partial charge in [-0.25, -0.2) is 0 Å². The Morgan fingerprint density at radius 1 is 1.12 bits per heavy atom. The third kappa shape index (κ3) is 3.63. The highest BCUT2D eigenvalue weighted by Crippen LogP contribution is 2.23. The summed E-state index contributed by atoms with van der Waals surface area (Å²) in [5.41, 5.74) is 2.74. The van der Waals surface area contributed by atoms with Crippen LogP contribution in [0.15, 0.2) is 24.3 Å². The molecular formula is C20H28N2O2. The summed E-state index contributed by atoms with van der Waals surface area (Å²) in [4.78, 5) is 27.0. The Bertz CT molecular complexity index is 611. The predicted molar refractivity (Wildman–Crippen MR) is 94.6 cm³/mol. The maximum absolute atomic E-state index is 12.8. The van der Waals surface area contributed by atoms with E-state index in [1.54, 1.807) is 4.90 Å². The van der Waals surface area contributed by atoms with Gasteiger partial charge in [0.2, 0.25) is 11.8 Å². The van der Waals surface area contributed by atoms with Crippen molar-refractivity contribution < 1.29 is 9.59 Å². The second-order valence-electron chi connectivity index (χ2n) is 7.41. The van der Waals surface area contributed by atoms with E-state index in [1.165, 1.54) is 11.1 Å². The number of hydrogen-bond acceptors (Lipinski definition) is 2. The number of rotatable bonds is 3. The molecule has 1 aliphatic carbocycles. The number of carbonyl (C=O) groups is 2. The number of nitrogens with zero attached hydrogens (tertiary/aromatic N) is 1. The van der Waals surface area contributed by atoms with Crippen LogP contribution in [0.25, 0.3) is 0 Å². The van der Waals surface area contributed by atoms with Crippen LogP contribution >= 0.6 is 0 Å². The van der Waals surface area contributed by atoms with E-state index in [1.807, 2.05) is 13.8 Å². The number of aryl methyl sites for hydroxylation is 1. The summed E-state index contributed by atoms with van der Waals surface area (Å²) < 4.78 is 0. The number of likely N-dealkylation sites (tertiary alicyclic amines) is 1. The van der Waals surface area contributed by atoms with Gasteiger partial charge >= 0.3 is 0 Å². The van der Waals surface area contributed by atoms with Crippen LogP contribution in [0.3, 0.4) is 0 Å². The molecule has 4 nitrogen and oxygen atoms in total. The average molecular weight is 328 g/mol. The first-order chi connectivity index (χ1) is 11.6. The lowest BCUT2D eigenvalue weighted by molar-refractivity contribution is -0.145. The molecule has 0 saturated carbocycles. The van der Waals surface area contributed by atoms with E-state index in [4.69, 9.17) is 0 Å². The Hall–Kier alpha value is -1.84. The lowest BCUT2D eigenvalue weighted by Crippen LogP contribution is -2.55. The zero-order valence-corrected chi connectivity index (χ0v) is 14.8. The van der Waals surface area contributed by atoms with Crippen molar-refractivity contribution in [3.8, 4) is 0 Å². The van der Waals surface area contributed by atoms with Crippen molar-refractivity contribution in [1.29, 1.82) is 0 Å². The van der Waals surface area contributed by atoms with Crippen molar-refractivity contribution in [3.63, 3.8) is 0 Å². The molecule has 0 bridgehead atoms. The molecule has 0 unspecified atom stereocenters. The van der Waals surface area contributed by atoms with Crippen LogP contribution in [0.1, 0.15) is 50.7 Å². The SMILES string of the molecule is CC(C)C(=O)N1CCCC[C@@H]1C(=O)N[C@H]1CCc2ccccc2C1. The fourth-order valence-corrected chi connectivity index (χ4v) is 3.92. The van der Waals surface area contributed by atoms with E-state index < -0.39 is 0 Å². The smallest absolute Gasteiger partial charge is 0.243 e. The van der Waals surface area contributed by atoms with Crippen molar-refractivity contribution in [2.45, 2.75) is 64.5 Å². The van der Waals surface area contributed by atoms with Crippen LogP contribution in [-0.4, -0.2) is 35.3 Å². The van der Waals surface area contributed by atoms with Gasteiger partial charge in [-0.1, -0.05) is 38.1 Å². The van der Waals surface area contributed by atoms with Crippen LogP contribution in [-0.2, 0) is 22.4 Å². The van der Waals surface area contributed by atoms with E-state index in [2.05, 4.69) is 29.6 Å². The normalized spacial score (nSPS) is 23.7. The van der Waals surface area contributed by atoms with Crippen LogP contribution in [0.4, 0.5) is 0 Å². The van der Waals surface area contributed by atoms with Crippen molar-refractivity contribution in [2.24, 2.45) is 5.92 Å². The average Bonchev–Trinajstić information content (AvgIpc) is 2.60. The van der Waals surface area contributed by atoms with Gasteiger partial charge in [-0.15, -0.1) is 0 Å². The zero-order chi connectivity index (χ0) is 17.1. The van der Waals surface area contributed by atoms with Crippen molar-refractivity contribution in [3.05, 3.63) is 35.4 Å². The lowest BCUT2D eigenvalue weighted by Gasteiger charge is -2.37. The topological polar surface area (TPSA) is 49.4 Å². The van der Waals surface area contributed by atoms with Crippen molar-refractivity contribution >= 4 is 11.8 Å². The second kappa shape index (κ2) is 7.37. The fraction of sp³-hybridized carbons (Fsp3) is 0.600. The summed E-state index contributed by atoms with van der Waals surface area (Å²) in [7, 11) is 0. The van der Waals surface area contributed by atoms with E-state index in [0.29, 0.717) is 6.54 Å². The molecule has 1 aliphatic heterocycles. The van der Waals surface area contributed by atoms with Gasteiger partial charge in [-0.2, -0.15) is 0 Å². The highest BCUT2D eigenvalue weighted by molar-refractivity contribution is 5.88. The van der Waals surface area contributed by atoms with Crippen LogP contribution < -0.4 is 5.32 Å². The molecule has 24 heavy (non-hydrogen) atoms. The van der Waals surface area contributed by atoms with Gasteiger partial charge in [0.25, 0.3) is 0 Å². The Labute approximate surface area is 144 Å². The van der Waals surface area contributed by atoms with E-state index >= 15 is 0 Å². The minimum atomic E-state index is -0.286. The maximum atomic E-state index is 12.8. The van der Waals surface area contributed by atoms with Gasteiger partial charge in [0.1, 0.15) is 6.04 Å². The number of benzene rings is 1. The number of nitrogens with one attached hydrogen (secondary N) is 1. The summed E-state index contributed by atoms with van der Waals surface area (Å²) in [6.45, 7) is 4.52. The van der Waals surface area contributed by atoms with E-state index in [-0.39, 0.29) is 29.8 Å². The largest absolute Gasteiger partial charge is 0.351 e. The molecule has 3 rings (SSSR count). The summed E-state index contributed by atoms with van der Waals surface area (Å²) in [5.74, 6) is 0.0804. The van der Waals surface area contributed by atoms with Crippen molar-refractivity contribution in [2.75, 3.05) is 6.54 Å². The number of piperidine rings is 1. The van der Waals surface area contributed by atoms with Crippen LogP contribution in [0.5, 0.6) is 0 Å². The quantitative estimate of drug-likeness (QED) is 0.927. The number of carbonyl (C=O) groups excluding carboxylic acids is 2. The number of fused-ring (bicyclic) bond motifs is 1. The van der Waals surface area contributed by atoms with Gasteiger partial charge in [0.05, 0.1) is 0 Å². The Balaban J connectivity index is 1.64. The fourth-order valence-electron chi connectivity index (χ4n) is 3.92. The molecule has 1 heterocycles. The third-order valence-corrected chi connectivity index (χ3v) is 5.28. The molecule has 1 aromatic carbocycles. The summed E-state index contributed by atoms with van der Waals surface area (Å²) in [6.07, 6.45) is 5.70. The molecule has 2 aliphatic rings. The lowest BCUT2D eigenvalue weighted by atomic mass is 9.88. The molecule has 0 aromatic heterocycles. The molecule has 130 valence electrons. The Morgan fingerprint density at radius 2 is 1.88 bits per heavy atom. The van der Waals surface area contributed by atoms with Gasteiger partial charge in [-0.3, -0.25) is 9.59 Å². The minimum Gasteiger partial charge on any atom is -0.351 e. The molecule has 1 aromatic rings. The third-order valence-electron chi connectivity index (χ3n) is 5.28. The molecule has 1 saturated heterocycles. The van der Waals surface area contributed by atoms with Gasteiger partial charge in [0.15, 0.2) is 0 Å². The first-order valence-corrected chi connectivity index (χ1v) is 9.24. The van der Waals surface area contributed by atoms with Crippen molar-refractivity contribution in [1.82, 2.24) is 10.2 Å². The standard InChI is InChI=1S/C20H28N2O2/c1-14(2)20(24)22-12-6-5-9-18(22)19(23)21-17-11-10-15-7-3-4-8-16(15)13-17/h3-4,7-8,14,17-18H,5-6,9-13H2,1-2H3,(H,21,23)/t17-,18+/m0/s1. The van der Waals surface area contributed by atoms with Gasteiger partial charge < -0.3 is 10.2 Å². The maximum Gasteiger partial charge on any atom is 0.243 e. The monoisotopic (exact) mass is 328 g/mol. The summed E-state index contributed by atoms with van der Waals surface area (Å²) >= 11 is 0. The Morgan fingerprint density at radius 3 is 2.62 bits per heavy atom. The van der Waals surface area contributed by atoms with Gasteiger partial charge in [0, 0.05) is 18.5 Å². The molecule has 1 N–H and O–H groups in total. The molecule has 0 radical (unpaired) electrons. The number of hydrogen-bond donors (Lipinski definition) is 1. The van der Waals surface area contributed by atoms with E-state index in [0.717, 1.165) is 38.5 Å². The predicted octanol–water partition coefficient (Wildman–Crippen LogP) is 2.70. The molecule has 4 heteroatoms. The number of amides is 2. The highest BCUT2D eigenvalue weighted by atomic mass is 16.2.